The summed E-state index contributed by atoms with van der Waals surface area (Å²) < 4.78 is 72.3. The maximum absolute atomic E-state index is 11.4. The van der Waals surface area contributed by atoms with Gasteiger partial charge in [0.25, 0.3) is 0 Å². The Bertz CT molecular complexity index is 1810. The number of aliphatic hydroxyl groups excluding tert-OH is 23. The lowest BCUT2D eigenvalue weighted by molar-refractivity contribution is -0.401. The third-order valence-corrected chi connectivity index (χ3v) is 14.5. The van der Waals surface area contributed by atoms with Gasteiger partial charge in [-0.1, -0.05) is 0 Å². The zero-order valence-electron chi connectivity index (χ0n) is 40.8. The molecule has 0 radical (unpaired) electrons. The lowest BCUT2D eigenvalue weighted by Crippen LogP contribution is -2.68. The molecule has 0 aromatic rings. The van der Waals surface area contributed by atoms with Crippen LogP contribution in [0.15, 0.2) is 0 Å². The highest BCUT2D eigenvalue weighted by Gasteiger charge is 2.58. The monoisotopic (exact) mass is 1150 g/mol. The van der Waals surface area contributed by atoms with Gasteiger partial charge in [0.2, 0.25) is 0 Å². The van der Waals surface area contributed by atoms with Crippen LogP contribution in [-0.2, 0) is 61.6 Å². The Labute approximate surface area is 439 Å². The largest absolute Gasteiger partial charge is 0.394 e. The van der Waals surface area contributed by atoms with Crippen LogP contribution in [0.3, 0.4) is 0 Å². The first-order valence-electron chi connectivity index (χ1n) is 24.7. The van der Waals surface area contributed by atoms with E-state index in [0.717, 1.165) is 0 Å². The van der Waals surface area contributed by atoms with E-state index in [9.17, 15) is 117 Å². The average Bonchev–Trinajstić information content (AvgIpc) is 3.47. The quantitative estimate of drug-likeness (QED) is 0.0571. The Hall–Kier alpha value is -1.44. The Morgan fingerprint density at radius 3 is 0.705 bits per heavy atom. The third kappa shape index (κ3) is 12.9. The number of ether oxygens (including phenoxy) is 13. The molecule has 15 unspecified atom stereocenters. The molecule has 0 aliphatic carbocycles. The van der Waals surface area contributed by atoms with Crippen molar-refractivity contribution in [2.24, 2.45) is 0 Å². The van der Waals surface area contributed by atoms with E-state index >= 15 is 0 Å². The molecule has 0 saturated carbocycles. The molecule has 0 bridgehead atoms. The molecule has 23 N–H and O–H groups in total. The minimum Gasteiger partial charge on any atom is -0.394 e. The van der Waals surface area contributed by atoms with Crippen LogP contribution < -0.4 is 0 Å². The summed E-state index contributed by atoms with van der Waals surface area (Å²) in [5.41, 5.74) is 0. The molecule has 7 fully saturated rings. The van der Waals surface area contributed by atoms with Crippen molar-refractivity contribution in [1.29, 1.82) is 0 Å². The van der Waals surface area contributed by atoms with E-state index in [1.807, 2.05) is 0 Å². The van der Waals surface area contributed by atoms with Crippen molar-refractivity contribution in [3.63, 3.8) is 0 Å². The van der Waals surface area contributed by atoms with Gasteiger partial charge in [0, 0.05) is 0 Å². The van der Waals surface area contributed by atoms with Crippen molar-refractivity contribution < 1.29 is 179 Å². The van der Waals surface area contributed by atoms with Gasteiger partial charge < -0.3 is 179 Å². The van der Waals surface area contributed by atoms with Crippen LogP contribution in [0.5, 0.6) is 0 Å². The fourth-order valence-corrected chi connectivity index (χ4v) is 9.99. The van der Waals surface area contributed by atoms with E-state index < -0.39 is 261 Å². The van der Waals surface area contributed by atoms with Crippen LogP contribution >= 0.6 is 0 Å². The minimum atomic E-state index is -2.24. The molecule has 36 heteroatoms. The number of rotatable bonds is 19. The second-order valence-electron chi connectivity index (χ2n) is 19.6. The zero-order chi connectivity index (χ0) is 57.3. The normalized spacial score (nSPS) is 53.5. The van der Waals surface area contributed by atoms with E-state index in [1.54, 1.807) is 0 Å². The van der Waals surface area contributed by atoms with Crippen LogP contribution in [0.2, 0.25) is 0 Å². The standard InChI is InChI=1S/C42H72O36/c43-1-8-15(50)17(52)25(60)37(67-8)78-35-18(53)16(51)9(2-44)68-42(35)77-34-14(7-49)72-41(29(64)23(34)58)76-33-13(6-48)71-40(28(63)22(33)57)75-32-12(5-47)70-39(27(62)21(32)56)74-31-11(4-46)69-38(26(61)20(31)55)73-30-10(3-45)66-36(65)24(59)19(30)54/h8-65H,1-7H2/t8?,9?,10?,11?,12?,13?,14?,15-,16-,17?,18+,19-,20-,21-,22-,23-,24?,25?,26?,27?,28?,29?,30-,31-,32-,33-,34-,35?,36-,37-,38-,39-,40-,41-,42-/m1/s1. The van der Waals surface area contributed by atoms with E-state index in [1.165, 1.54) is 0 Å². The molecule has 0 spiro atoms. The lowest BCUT2D eigenvalue weighted by atomic mass is 9.95. The Kier molecular flexibility index (Phi) is 22.6. The summed E-state index contributed by atoms with van der Waals surface area (Å²) in [6.07, 6.45) is -68.1. The van der Waals surface area contributed by atoms with Gasteiger partial charge in [-0.25, -0.2) is 0 Å². The second-order valence-corrected chi connectivity index (χ2v) is 19.6. The molecule has 7 aliphatic rings. The van der Waals surface area contributed by atoms with Crippen molar-refractivity contribution in [1.82, 2.24) is 0 Å². The molecular formula is C42H72O36. The van der Waals surface area contributed by atoms with Crippen molar-refractivity contribution >= 4 is 0 Å². The smallest absolute Gasteiger partial charge is 0.187 e. The number of aliphatic hydroxyl groups is 23. The maximum Gasteiger partial charge on any atom is 0.187 e. The first kappa shape index (κ1) is 64.1. The molecule has 7 saturated heterocycles. The van der Waals surface area contributed by atoms with Crippen LogP contribution in [-0.4, -0.2) is 379 Å². The van der Waals surface area contributed by atoms with E-state index in [0.29, 0.717) is 0 Å². The summed E-state index contributed by atoms with van der Waals surface area (Å²) in [6, 6.07) is 0. The molecule has 0 amide bonds. The van der Waals surface area contributed by atoms with E-state index in [4.69, 9.17) is 61.6 Å². The third-order valence-electron chi connectivity index (χ3n) is 14.5. The van der Waals surface area contributed by atoms with Gasteiger partial charge >= 0.3 is 0 Å². The molecule has 78 heavy (non-hydrogen) atoms. The highest BCUT2D eigenvalue weighted by atomic mass is 16.8. The fraction of sp³-hybridized carbons (Fsp3) is 1.00. The van der Waals surface area contributed by atoms with E-state index in [2.05, 4.69) is 0 Å². The molecule has 0 aromatic carbocycles. The highest BCUT2D eigenvalue weighted by molar-refractivity contribution is 5.01. The van der Waals surface area contributed by atoms with Crippen LogP contribution in [0.4, 0.5) is 0 Å². The molecule has 0 aromatic heterocycles. The fourth-order valence-electron chi connectivity index (χ4n) is 9.99. The zero-order valence-corrected chi connectivity index (χ0v) is 40.8. The molecule has 7 rings (SSSR count). The van der Waals surface area contributed by atoms with Gasteiger partial charge in [-0.05, 0) is 0 Å². The molecule has 7 heterocycles. The minimum absolute atomic E-state index is 0.873. The summed E-state index contributed by atoms with van der Waals surface area (Å²) in [4.78, 5) is 0. The van der Waals surface area contributed by atoms with E-state index in [-0.39, 0.29) is 0 Å². The summed E-state index contributed by atoms with van der Waals surface area (Å²) in [5.74, 6) is 0. The predicted molar refractivity (Wildman–Crippen MR) is 232 cm³/mol. The van der Waals surface area contributed by atoms with Crippen LogP contribution in [0, 0.1) is 0 Å². The summed E-state index contributed by atoms with van der Waals surface area (Å²) in [6.45, 7) is -6.93. The first-order valence-corrected chi connectivity index (χ1v) is 24.7. The molecule has 456 valence electrons. The van der Waals surface area contributed by atoms with Gasteiger partial charge in [-0.3, -0.25) is 0 Å². The summed E-state index contributed by atoms with van der Waals surface area (Å²) in [5, 5.41) is 243. The lowest BCUT2D eigenvalue weighted by Gasteiger charge is -2.50. The average molecular weight is 1150 g/mol. The van der Waals surface area contributed by atoms with Crippen LogP contribution in [0.25, 0.3) is 0 Å². The van der Waals surface area contributed by atoms with Crippen molar-refractivity contribution in [2.45, 2.75) is 215 Å². The van der Waals surface area contributed by atoms with Crippen molar-refractivity contribution in [3.8, 4) is 0 Å². The Morgan fingerprint density at radius 1 is 0.192 bits per heavy atom. The predicted octanol–water partition coefficient (Wildman–Crippen LogP) is -16.3. The molecule has 7 aliphatic heterocycles. The SMILES string of the molecule is OCC1O[C@H](OC2[C@@H](O[C@@H]3C(CO)O[C@H](O[C@@H]4C(CO)O[C@H](O[C@@H]5C(CO)O[C@H](O[C@@H]6C(CO)O[C@H](O[C@@H]7C(CO)O[C@@H](O)C(O)[C@H]7O)C(O)[C@H]6O)C(O)[C@H]5O)C(O)[C@H]4O)C(O)[C@H]3O)OC(CO)[C@@H](O)[C@@H]2O)C(O)C(O)[C@@H]1O. The number of hydrogen-bond acceptors (Lipinski definition) is 36. The van der Waals surface area contributed by atoms with Crippen molar-refractivity contribution in [3.05, 3.63) is 0 Å². The van der Waals surface area contributed by atoms with Gasteiger partial charge in [-0.15, -0.1) is 0 Å². The first-order chi connectivity index (χ1) is 37.0. The maximum atomic E-state index is 11.4. The van der Waals surface area contributed by atoms with Gasteiger partial charge in [0.05, 0.1) is 46.2 Å². The second kappa shape index (κ2) is 27.5. The topological polar surface area (TPSA) is 585 Å². The Morgan fingerprint density at radius 2 is 0.397 bits per heavy atom. The Balaban J connectivity index is 0.976. The summed E-state index contributed by atoms with van der Waals surface area (Å²) in [7, 11) is 0. The van der Waals surface area contributed by atoms with Crippen LogP contribution in [0.1, 0.15) is 0 Å². The van der Waals surface area contributed by atoms with Crippen molar-refractivity contribution in [2.75, 3.05) is 46.2 Å². The number of hydrogen-bond donors (Lipinski definition) is 23. The highest BCUT2D eigenvalue weighted by Crippen LogP contribution is 2.38. The molecular weight excluding hydrogens is 1080 g/mol. The van der Waals surface area contributed by atoms with Gasteiger partial charge in [0.15, 0.2) is 44.0 Å². The summed E-state index contributed by atoms with van der Waals surface area (Å²) >= 11 is 0. The molecule has 36 nitrogen and oxygen atoms in total. The van der Waals surface area contributed by atoms with Gasteiger partial charge in [0.1, 0.15) is 171 Å². The molecule has 35 atom stereocenters. The van der Waals surface area contributed by atoms with Gasteiger partial charge in [-0.2, -0.15) is 0 Å².